The van der Waals surface area contributed by atoms with Crippen LogP contribution in [0.1, 0.15) is 47.9 Å². The maximum Gasteiger partial charge on any atom is 0.115 e. The zero-order valence-corrected chi connectivity index (χ0v) is 12.1. The highest BCUT2D eigenvalue weighted by Crippen LogP contribution is 2.34. The van der Waals surface area contributed by atoms with Crippen molar-refractivity contribution in [3.05, 3.63) is 51.5 Å². The summed E-state index contributed by atoms with van der Waals surface area (Å²) in [6.45, 7) is 8.49. The molecule has 0 fully saturated rings. The molecule has 18 heavy (non-hydrogen) atoms. The number of nitrogens with zero attached hydrogens (tertiary/aromatic N) is 1. The van der Waals surface area contributed by atoms with E-state index >= 15 is 0 Å². The van der Waals surface area contributed by atoms with Gasteiger partial charge in [-0.15, -0.1) is 11.3 Å². The predicted octanol–water partition coefficient (Wildman–Crippen LogP) is 3.83. The monoisotopic (exact) mass is 261 g/mol. The number of hydrogen-bond acceptors (Lipinski definition) is 3. The molecule has 2 nitrogen and oxygen atoms in total. The molecule has 0 aliphatic heterocycles. The van der Waals surface area contributed by atoms with Gasteiger partial charge < -0.3 is 5.11 Å². The van der Waals surface area contributed by atoms with Crippen LogP contribution >= 0.6 is 11.3 Å². The lowest BCUT2D eigenvalue weighted by molar-refractivity contribution is 0.223. The van der Waals surface area contributed by atoms with E-state index in [9.17, 15) is 5.11 Å². The standard InChI is InChI=1S/C15H19NOS/c1-10-5-6-11(9-16-10)14(17)12-7-8-13(18-12)15(2,3)4/h5-9,14,17H,1-4H3. The lowest BCUT2D eigenvalue weighted by atomic mass is 9.95. The molecule has 1 unspecified atom stereocenters. The molecule has 2 heterocycles. The van der Waals surface area contributed by atoms with E-state index in [-0.39, 0.29) is 5.41 Å². The lowest BCUT2D eigenvalue weighted by Gasteiger charge is -2.15. The first kappa shape index (κ1) is 13.2. The number of hydrogen-bond donors (Lipinski definition) is 1. The van der Waals surface area contributed by atoms with Crippen molar-refractivity contribution in [2.45, 2.75) is 39.2 Å². The first-order valence-corrected chi connectivity index (χ1v) is 6.90. The summed E-state index contributed by atoms with van der Waals surface area (Å²) < 4.78 is 0. The van der Waals surface area contributed by atoms with Gasteiger partial charge in [-0.1, -0.05) is 26.8 Å². The highest BCUT2D eigenvalue weighted by Gasteiger charge is 2.19. The summed E-state index contributed by atoms with van der Waals surface area (Å²) in [5.41, 5.74) is 1.95. The summed E-state index contributed by atoms with van der Waals surface area (Å²) in [6, 6.07) is 7.97. The average Bonchev–Trinajstić information content (AvgIpc) is 2.78. The van der Waals surface area contributed by atoms with Crippen LogP contribution in [0.2, 0.25) is 0 Å². The first-order valence-electron chi connectivity index (χ1n) is 6.09. The van der Waals surface area contributed by atoms with Crippen molar-refractivity contribution < 1.29 is 5.11 Å². The zero-order chi connectivity index (χ0) is 13.3. The van der Waals surface area contributed by atoms with Gasteiger partial charge in [-0.3, -0.25) is 4.98 Å². The van der Waals surface area contributed by atoms with Crippen molar-refractivity contribution in [1.82, 2.24) is 4.98 Å². The molecule has 96 valence electrons. The molecular weight excluding hydrogens is 242 g/mol. The third-order valence-electron chi connectivity index (χ3n) is 2.89. The Kier molecular flexibility index (Phi) is 3.55. The summed E-state index contributed by atoms with van der Waals surface area (Å²) in [6.07, 6.45) is 1.18. The molecule has 2 aromatic rings. The van der Waals surface area contributed by atoms with Gasteiger partial charge in [0, 0.05) is 27.2 Å². The minimum Gasteiger partial charge on any atom is -0.383 e. The second-order valence-electron chi connectivity index (χ2n) is 5.59. The van der Waals surface area contributed by atoms with Crippen molar-refractivity contribution in [1.29, 1.82) is 0 Å². The van der Waals surface area contributed by atoms with Crippen molar-refractivity contribution in [2.24, 2.45) is 0 Å². The Labute approximate surface area is 112 Å². The normalized spacial score (nSPS) is 13.6. The largest absolute Gasteiger partial charge is 0.383 e. The number of aryl methyl sites for hydroxylation is 1. The summed E-state index contributed by atoms with van der Waals surface area (Å²) in [5.74, 6) is 0. The van der Waals surface area contributed by atoms with Gasteiger partial charge in [-0.2, -0.15) is 0 Å². The molecule has 0 bridgehead atoms. The molecule has 3 heteroatoms. The van der Waals surface area contributed by atoms with Crippen LogP contribution in [0.15, 0.2) is 30.5 Å². The van der Waals surface area contributed by atoms with E-state index in [4.69, 9.17) is 0 Å². The number of thiophene rings is 1. The van der Waals surface area contributed by atoms with Crippen LogP contribution in [0.3, 0.4) is 0 Å². The third-order valence-corrected chi connectivity index (χ3v) is 4.45. The van der Waals surface area contributed by atoms with Gasteiger partial charge in [0.1, 0.15) is 6.10 Å². The molecule has 0 saturated carbocycles. The van der Waals surface area contributed by atoms with Gasteiger partial charge in [0.2, 0.25) is 0 Å². The highest BCUT2D eigenvalue weighted by molar-refractivity contribution is 7.12. The van der Waals surface area contributed by atoms with Crippen LogP contribution in [0.4, 0.5) is 0 Å². The predicted molar refractivity (Wildman–Crippen MR) is 76.1 cm³/mol. The van der Waals surface area contributed by atoms with E-state index < -0.39 is 6.10 Å². The Morgan fingerprint density at radius 2 is 1.89 bits per heavy atom. The number of aliphatic hydroxyl groups is 1. The Hall–Kier alpha value is -1.19. The molecule has 0 aromatic carbocycles. The van der Waals surface area contributed by atoms with E-state index in [1.807, 2.05) is 25.1 Å². The molecule has 0 saturated heterocycles. The van der Waals surface area contributed by atoms with Gasteiger partial charge >= 0.3 is 0 Å². The fraction of sp³-hybridized carbons (Fsp3) is 0.400. The lowest BCUT2D eigenvalue weighted by Crippen LogP contribution is -2.07. The minimum absolute atomic E-state index is 0.133. The van der Waals surface area contributed by atoms with Crippen molar-refractivity contribution in [2.75, 3.05) is 0 Å². The number of aromatic nitrogens is 1. The van der Waals surface area contributed by atoms with Crippen molar-refractivity contribution >= 4 is 11.3 Å². The Balaban J connectivity index is 2.26. The second kappa shape index (κ2) is 4.82. The van der Waals surface area contributed by atoms with E-state index in [0.29, 0.717) is 0 Å². The zero-order valence-electron chi connectivity index (χ0n) is 11.3. The molecule has 0 amide bonds. The van der Waals surface area contributed by atoms with Gasteiger partial charge in [-0.25, -0.2) is 0 Å². The van der Waals surface area contributed by atoms with E-state index in [0.717, 1.165) is 16.1 Å². The molecule has 0 spiro atoms. The van der Waals surface area contributed by atoms with Crippen LogP contribution in [-0.2, 0) is 5.41 Å². The maximum absolute atomic E-state index is 10.3. The second-order valence-corrected chi connectivity index (χ2v) is 6.70. The maximum atomic E-state index is 10.3. The number of pyridine rings is 1. The summed E-state index contributed by atoms with van der Waals surface area (Å²) >= 11 is 1.67. The fourth-order valence-electron chi connectivity index (χ4n) is 1.71. The molecule has 0 radical (unpaired) electrons. The minimum atomic E-state index is -0.570. The smallest absolute Gasteiger partial charge is 0.115 e. The Morgan fingerprint density at radius 1 is 1.17 bits per heavy atom. The van der Waals surface area contributed by atoms with Crippen LogP contribution in [0, 0.1) is 6.92 Å². The molecule has 1 N–H and O–H groups in total. The number of aliphatic hydroxyl groups excluding tert-OH is 1. The summed E-state index contributed by atoms with van der Waals surface area (Å²) in [4.78, 5) is 6.49. The van der Waals surface area contributed by atoms with Crippen LogP contribution in [0.5, 0.6) is 0 Å². The summed E-state index contributed by atoms with van der Waals surface area (Å²) in [5, 5.41) is 10.3. The van der Waals surface area contributed by atoms with Gasteiger partial charge in [-0.05, 0) is 30.5 Å². The molecule has 2 rings (SSSR count). The van der Waals surface area contributed by atoms with Crippen LogP contribution in [-0.4, -0.2) is 10.1 Å². The van der Waals surface area contributed by atoms with Crippen molar-refractivity contribution in [3.63, 3.8) is 0 Å². The quantitative estimate of drug-likeness (QED) is 0.891. The molecule has 1 atom stereocenters. The molecule has 0 aliphatic rings. The fourth-order valence-corrected chi connectivity index (χ4v) is 2.79. The first-order chi connectivity index (χ1) is 8.38. The van der Waals surface area contributed by atoms with Crippen molar-refractivity contribution in [3.8, 4) is 0 Å². The van der Waals surface area contributed by atoms with Crippen LogP contribution in [0.25, 0.3) is 0 Å². The Bertz CT molecular complexity index is 522. The highest BCUT2D eigenvalue weighted by atomic mass is 32.1. The third kappa shape index (κ3) is 2.79. The number of rotatable bonds is 2. The average molecular weight is 261 g/mol. The van der Waals surface area contributed by atoms with Gasteiger partial charge in [0.25, 0.3) is 0 Å². The molecular formula is C15H19NOS. The van der Waals surface area contributed by atoms with E-state index in [1.54, 1.807) is 17.5 Å². The van der Waals surface area contributed by atoms with E-state index in [1.165, 1.54) is 4.88 Å². The van der Waals surface area contributed by atoms with Gasteiger partial charge in [0.15, 0.2) is 0 Å². The molecule has 2 aromatic heterocycles. The topological polar surface area (TPSA) is 33.1 Å². The SMILES string of the molecule is Cc1ccc(C(O)c2ccc(C(C)(C)C)s2)cn1. The van der Waals surface area contributed by atoms with Crippen LogP contribution < -0.4 is 0 Å². The summed E-state index contributed by atoms with van der Waals surface area (Å²) in [7, 11) is 0. The van der Waals surface area contributed by atoms with Gasteiger partial charge in [0.05, 0.1) is 0 Å². The molecule has 0 aliphatic carbocycles. The Morgan fingerprint density at radius 3 is 2.39 bits per heavy atom. The van der Waals surface area contributed by atoms with E-state index in [2.05, 4.69) is 31.8 Å².